The molecule has 0 saturated heterocycles. The number of carbonyl (C=O) groups excluding carboxylic acids is 2. The molecular formula is C17H21N5O2. The zero-order valence-electron chi connectivity index (χ0n) is 14.0. The first-order valence-corrected chi connectivity index (χ1v) is 7.60. The summed E-state index contributed by atoms with van der Waals surface area (Å²) in [7, 11) is 3.76. The number of nitrogens with zero attached hydrogens (tertiary/aromatic N) is 3. The largest absolute Gasteiger partial charge is 0.363 e. The van der Waals surface area contributed by atoms with Gasteiger partial charge < -0.3 is 15.5 Å². The van der Waals surface area contributed by atoms with Gasteiger partial charge in [-0.2, -0.15) is 0 Å². The van der Waals surface area contributed by atoms with Crippen molar-refractivity contribution in [2.24, 2.45) is 0 Å². The summed E-state index contributed by atoms with van der Waals surface area (Å²) in [5, 5.41) is 5.38. The highest BCUT2D eigenvalue weighted by Gasteiger charge is 2.08. The molecule has 0 aromatic carbocycles. The van der Waals surface area contributed by atoms with Gasteiger partial charge in [0.25, 0.3) is 5.91 Å². The first-order chi connectivity index (χ1) is 11.5. The van der Waals surface area contributed by atoms with E-state index in [1.54, 1.807) is 24.4 Å². The van der Waals surface area contributed by atoms with Crippen molar-refractivity contribution < 1.29 is 9.59 Å². The Morgan fingerprint density at radius 2 is 1.88 bits per heavy atom. The molecule has 2 aromatic rings. The molecule has 0 unspecified atom stereocenters. The van der Waals surface area contributed by atoms with Gasteiger partial charge in [0.2, 0.25) is 5.91 Å². The number of anilines is 2. The van der Waals surface area contributed by atoms with Crippen molar-refractivity contribution in [3.63, 3.8) is 0 Å². The van der Waals surface area contributed by atoms with E-state index < -0.39 is 0 Å². The van der Waals surface area contributed by atoms with Crippen LogP contribution in [-0.2, 0) is 4.79 Å². The first-order valence-electron chi connectivity index (χ1n) is 7.60. The van der Waals surface area contributed by atoms with E-state index in [2.05, 4.69) is 20.6 Å². The van der Waals surface area contributed by atoms with E-state index in [9.17, 15) is 9.59 Å². The van der Waals surface area contributed by atoms with Gasteiger partial charge in [0, 0.05) is 39.5 Å². The van der Waals surface area contributed by atoms with Crippen molar-refractivity contribution in [1.29, 1.82) is 0 Å². The van der Waals surface area contributed by atoms with Crippen LogP contribution < -0.4 is 15.5 Å². The Hall–Kier alpha value is -2.96. The Morgan fingerprint density at radius 3 is 2.46 bits per heavy atom. The smallest absolute Gasteiger partial charge is 0.252 e. The maximum atomic E-state index is 12.0. The van der Waals surface area contributed by atoms with Gasteiger partial charge in [-0.15, -0.1) is 0 Å². The number of hydrogen-bond donors (Lipinski definition) is 2. The van der Waals surface area contributed by atoms with Gasteiger partial charge in [-0.1, -0.05) is 6.07 Å². The monoisotopic (exact) mass is 327 g/mol. The van der Waals surface area contributed by atoms with Crippen LogP contribution in [0.15, 0.2) is 36.7 Å². The standard InChI is InChI=1S/C17H21N5O2/c1-12-4-6-14(19-10-12)21-16(23)8-9-18-17(24)13-5-7-15(20-11-13)22(2)3/h4-7,10-11H,8-9H2,1-3H3,(H,18,24)(H,19,21,23). The molecule has 2 amide bonds. The molecule has 2 rings (SSSR count). The van der Waals surface area contributed by atoms with Crippen LogP contribution in [0.1, 0.15) is 22.3 Å². The molecule has 0 saturated carbocycles. The van der Waals surface area contributed by atoms with E-state index in [0.717, 1.165) is 11.4 Å². The molecule has 0 spiro atoms. The van der Waals surface area contributed by atoms with Crippen LogP contribution in [0.5, 0.6) is 0 Å². The normalized spacial score (nSPS) is 10.1. The van der Waals surface area contributed by atoms with Crippen molar-refractivity contribution in [1.82, 2.24) is 15.3 Å². The molecule has 7 nitrogen and oxygen atoms in total. The van der Waals surface area contributed by atoms with E-state index in [-0.39, 0.29) is 24.8 Å². The lowest BCUT2D eigenvalue weighted by Gasteiger charge is -2.11. The Kier molecular flexibility index (Phi) is 5.83. The molecule has 2 N–H and O–H groups in total. The third-order valence-electron chi connectivity index (χ3n) is 3.28. The van der Waals surface area contributed by atoms with Crippen LogP contribution in [0.25, 0.3) is 0 Å². The summed E-state index contributed by atoms with van der Waals surface area (Å²) in [5.41, 5.74) is 1.48. The second kappa shape index (κ2) is 8.05. The van der Waals surface area contributed by atoms with E-state index in [4.69, 9.17) is 0 Å². The number of aryl methyl sites for hydroxylation is 1. The topological polar surface area (TPSA) is 87.2 Å². The fourth-order valence-electron chi connectivity index (χ4n) is 1.92. The molecule has 0 radical (unpaired) electrons. The summed E-state index contributed by atoms with van der Waals surface area (Å²) in [5.74, 6) is 0.818. The summed E-state index contributed by atoms with van der Waals surface area (Å²) >= 11 is 0. The molecule has 2 heterocycles. The van der Waals surface area contributed by atoms with Crippen molar-refractivity contribution in [2.45, 2.75) is 13.3 Å². The molecule has 0 fully saturated rings. The van der Waals surface area contributed by atoms with E-state index >= 15 is 0 Å². The lowest BCUT2D eigenvalue weighted by Crippen LogP contribution is -2.28. The summed E-state index contributed by atoms with van der Waals surface area (Å²) in [6.45, 7) is 2.17. The number of hydrogen-bond acceptors (Lipinski definition) is 5. The van der Waals surface area contributed by atoms with E-state index in [1.807, 2.05) is 32.0 Å². The van der Waals surface area contributed by atoms with Gasteiger partial charge in [0.15, 0.2) is 0 Å². The number of amides is 2. The van der Waals surface area contributed by atoms with Crippen molar-refractivity contribution in [2.75, 3.05) is 30.9 Å². The number of pyridine rings is 2. The summed E-state index contributed by atoms with van der Waals surface area (Å²) in [4.78, 5) is 33.9. The molecular weight excluding hydrogens is 306 g/mol. The Morgan fingerprint density at radius 1 is 1.08 bits per heavy atom. The van der Waals surface area contributed by atoms with Gasteiger partial charge in [-0.05, 0) is 30.7 Å². The summed E-state index contributed by atoms with van der Waals surface area (Å²) in [6.07, 6.45) is 3.37. The molecule has 0 aliphatic rings. The lowest BCUT2D eigenvalue weighted by atomic mass is 10.2. The quantitative estimate of drug-likeness (QED) is 0.842. The number of rotatable bonds is 6. The van der Waals surface area contributed by atoms with Crippen LogP contribution in [-0.4, -0.2) is 42.4 Å². The number of nitrogens with one attached hydrogen (secondary N) is 2. The summed E-state index contributed by atoms with van der Waals surface area (Å²) < 4.78 is 0. The van der Waals surface area contributed by atoms with Gasteiger partial charge in [-0.25, -0.2) is 9.97 Å². The predicted molar refractivity (Wildman–Crippen MR) is 93.1 cm³/mol. The van der Waals surface area contributed by atoms with Gasteiger partial charge >= 0.3 is 0 Å². The van der Waals surface area contributed by atoms with Gasteiger partial charge in [-0.3, -0.25) is 9.59 Å². The maximum absolute atomic E-state index is 12.0. The highest BCUT2D eigenvalue weighted by atomic mass is 16.2. The maximum Gasteiger partial charge on any atom is 0.252 e. The minimum absolute atomic E-state index is 0.171. The Labute approximate surface area is 141 Å². The zero-order valence-corrected chi connectivity index (χ0v) is 14.0. The second-order valence-corrected chi connectivity index (χ2v) is 5.57. The van der Waals surface area contributed by atoms with Crippen LogP contribution in [0.3, 0.4) is 0 Å². The van der Waals surface area contributed by atoms with Crippen molar-refractivity contribution >= 4 is 23.5 Å². The summed E-state index contributed by atoms with van der Waals surface area (Å²) in [6, 6.07) is 7.08. The zero-order chi connectivity index (χ0) is 17.5. The lowest BCUT2D eigenvalue weighted by molar-refractivity contribution is -0.116. The highest BCUT2D eigenvalue weighted by molar-refractivity contribution is 5.95. The molecule has 0 bridgehead atoms. The molecule has 126 valence electrons. The van der Waals surface area contributed by atoms with Crippen molar-refractivity contribution in [3.05, 3.63) is 47.8 Å². The van der Waals surface area contributed by atoms with E-state index in [0.29, 0.717) is 11.4 Å². The predicted octanol–water partition coefficient (Wildman–Crippen LogP) is 1.61. The Bertz CT molecular complexity index is 696. The molecule has 0 atom stereocenters. The van der Waals surface area contributed by atoms with Crippen molar-refractivity contribution in [3.8, 4) is 0 Å². The molecule has 2 aromatic heterocycles. The van der Waals surface area contributed by atoms with Gasteiger partial charge in [0.1, 0.15) is 11.6 Å². The van der Waals surface area contributed by atoms with E-state index in [1.165, 1.54) is 6.20 Å². The van der Waals surface area contributed by atoms with Crippen LogP contribution in [0.2, 0.25) is 0 Å². The fraction of sp³-hybridized carbons (Fsp3) is 0.294. The average Bonchev–Trinajstić information content (AvgIpc) is 2.57. The SMILES string of the molecule is Cc1ccc(NC(=O)CCNC(=O)c2ccc(N(C)C)nc2)nc1. The third kappa shape index (κ3) is 5.05. The second-order valence-electron chi connectivity index (χ2n) is 5.57. The van der Waals surface area contributed by atoms with Crippen LogP contribution in [0, 0.1) is 6.92 Å². The minimum atomic E-state index is -0.255. The van der Waals surface area contributed by atoms with Crippen LogP contribution in [0.4, 0.5) is 11.6 Å². The van der Waals surface area contributed by atoms with Gasteiger partial charge in [0.05, 0.1) is 5.56 Å². The number of carbonyl (C=O) groups is 2. The number of aromatic nitrogens is 2. The minimum Gasteiger partial charge on any atom is -0.363 e. The Balaban J connectivity index is 1.77. The first kappa shape index (κ1) is 17.4. The third-order valence-corrected chi connectivity index (χ3v) is 3.28. The molecule has 0 aliphatic heterocycles. The molecule has 24 heavy (non-hydrogen) atoms. The molecule has 7 heteroatoms. The highest BCUT2D eigenvalue weighted by Crippen LogP contribution is 2.08. The average molecular weight is 327 g/mol. The fourth-order valence-corrected chi connectivity index (χ4v) is 1.92. The molecule has 0 aliphatic carbocycles. The van der Waals surface area contributed by atoms with Crippen LogP contribution >= 0.6 is 0 Å².